The fourth-order valence-electron chi connectivity index (χ4n) is 1.72. The average Bonchev–Trinajstić information content (AvgIpc) is 2.48. The van der Waals surface area contributed by atoms with Gasteiger partial charge in [-0.1, -0.05) is 0 Å². The normalized spacial score (nSPS) is 17.1. The van der Waals surface area contributed by atoms with E-state index in [0.29, 0.717) is 0 Å². The number of ketones is 1. The molecule has 0 aromatic rings. The number of esters is 2. The smallest absolute Gasteiger partial charge is 0.372 e. The van der Waals surface area contributed by atoms with Crippen LogP contribution in [0.25, 0.3) is 0 Å². The molecule has 11 nitrogen and oxygen atoms in total. The summed E-state index contributed by atoms with van der Waals surface area (Å²) < 4.78 is 9.15. The van der Waals surface area contributed by atoms with Gasteiger partial charge in [-0.2, -0.15) is 0 Å². The van der Waals surface area contributed by atoms with Gasteiger partial charge in [0.25, 0.3) is 0 Å². The maximum Gasteiger partial charge on any atom is 0.372 e. The molecule has 0 fully saturated rings. The third kappa shape index (κ3) is 7.46. The minimum Gasteiger partial charge on any atom is -0.475 e. The van der Waals surface area contributed by atoms with Gasteiger partial charge in [0.15, 0.2) is 0 Å². The third-order valence-electron chi connectivity index (χ3n) is 2.97. The molecule has 0 saturated carbocycles. The SMILES string of the molecule is CC(=O)OC[C@@H](O)[C@@H](O)[C@H](O)[C@H](N)[C@H](CC(=O)C(=O)O)OC(C)=O. The predicted octanol–water partition coefficient (Wildman–Crippen LogP) is -3.06. The summed E-state index contributed by atoms with van der Waals surface area (Å²) in [7, 11) is 0. The van der Waals surface area contributed by atoms with Crippen molar-refractivity contribution >= 4 is 23.7 Å². The number of carbonyl (C=O) groups excluding carboxylic acids is 3. The van der Waals surface area contributed by atoms with Crippen molar-refractivity contribution in [2.75, 3.05) is 6.61 Å². The van der Waals surface area contributed by atoms with Crippen LogP contribution in [0.1, 0.15) is 20.3 Å². The predicted molar refractivity (Wildman–Crippen MR) is 75.4 cm³/mol. The highest BCUT2D eigenvalue weighted by atomic mass is 16.5. The molecular formula is C13H21NO10. The molecule has 6 N–H and O–H groups in total. The number of Topliss-reactive ketones (excluding diaryl/α,β-unsaturated/α-hetero) is 1. The Hall–Kier alpha value is -2.08. The Morgan fingerprint density at radius 2 is 1.54 bits per heavy atom. The molecule has 0 aliphatic carbocycles. The summed E-state index contributed by atoms with van der Waals surface area (Å²) in [6, 6.07) is -1.58. The molecule has 138 valence electrons. The molecule has 24 heavy (non-hydrogen) atoms. The van der Waals surface area contributed by atoms with E-state index in [4.69, 9.17) is 15.6 Å². The summed E-state index contributed by atoms with van der Waals surface area (Å²) in [6.45, 7) is 1.41. The molecule has 5 atom stereocenters. The number of carboxylic acid groups (broad SMARTS) is 1. The number of hydrogen-bond donors (Lipinski definition) is 5. The molecule has 0 amide bonds. The summed E-state index contributed by atoms with van der Waals surface area (Å²) in [5.41, 5.74) is 5.60. The van der Waals surface area contributed by atoms with Crippen LogP contribution in [0.5, 0.6) is 0 Å². The van der Waals surface area contributed by atoms with Crippen LogP contribution < -0.4 is 5.73 Å². The number of carboxylic acids is 1. The second kappa shape index (κ2) is 9.93. The van der Waals surface area contributed by atoms with Gasteiger partial charge in [-0.25, -0.2) is 4.79 Å². The summed E-state index contributed by atoms with van der Waals surface area (Å²) in [4.78, 5) is 43.5. The van der Waals surface area contributed by atoms with Crippen LogP contribution in [0.2, 0.25) is 0 Å². The van der Waals surface area contributed by atoms with Gasteiger partial charge in [0, 0.05) is 13.8 Å². The van der Waals surface area contributed by atoms with Gasteiger partial charge in [-0.05, 0) is 0 Å². The molecule has 11 heteroatoms. The largest absolute Gasteiger partial charge is 0.475 e. The van der Waals surface area contributed by atoms with Crippen molar-refractivity contribution in [1.29, 1.82) is 0 Å². The van der Waals surface area contributed by atoms with Crippen LogP contribution in [0.4, 0.5) is 0 Å². The van der Waals surface area contributed by atoms with Crippen LogP contribution in [0, 0.1) is 0 Å². The first-order valence-electron chi connectivity index (χ1n) is 6.83. The lowest BCUT2D eigenvalue weighted by Crippen LogP contribution is -2.55. The highest BCUT2D eigenvalue weighted by Gasteiger charge is 2.37. The van der Waals surface area contributed by atoms with Crippen LogP contribution in [0.3, 0.4) is 0 Å². The highest BCUT2D eigenvalue weighted by molar-refractivity contribution is 6.32. The van der Waals surface area contributed by atoms with E-state index in [2.05, 4.69) is 4.74 Å². The van der Waals surface area contributed by atoms with Crippen LogP contribution in [0.15, 0.2) is 0 Å². The number of aliphatic hydroxyl groups excluding tert-OH is 3. The molecule has 0 aliphatic heterocycles. The summed E-state index contributed by atoms with van der Waals surface area (Å²) in [5.74, 6) is -4.73. The molecule has 0 saturated heterocycles. The zero-order chi connectivity index (χ0) is 19.0. The van der Waals surface area contributed by atoms with Crippen molar-refractivity contribution in [3.63, 3.8) is 0 Å². The Balaban J connectivity index is 4.99. The van der Waals surface area contributed by atoms with E-state index in [1.165, 1.54) is 0 Å². The number of ether oxygens (including phenoxy) is 2. The lowest BCUT2D eigenvalue weighted by molar-refractivity contribution is -0.160. The molecule has 0 aromatic carbocycles. The molecular weight excluding hydrogens is 330 g/mol. The number of aliphatic carboxylic acids is 1. The van der Waals surface area contributed by atoms with Crippen LogP contribution in [-0.4, -0.2) is 81.2 Å². The lowest BCUT2D eigenvalue weighted by atomic mass is 9.94. The molecule has 0 rings (SSSR count). The fourth-order valence-corrected chi connectivity index (χ4v) is 1.72. The minimum atomic E-state index is -1.91. The maximum atomic E-state index is 11.2. The highest BCUT2D eigenvalue weighted by Crippen LogP contribution is 2.13. The number of nitrogens with two attached hydrogens (primary N) is 1. The van der Waals surface area contributed by atoms with Crippen molar-refractivity contribution < 1.29 is 49.1 Å². The summed E-state index contributed by atoms with van der Waals surface area (Å²) in [5, 5.41) is 37.9. The number of carbonyl (C=O) groups is 4. The summed E-state index contributed by atoms with van der Waals surface area (Å²) >= 11 is 0. The first-order chi connectivity index (χ1) is 11.0. The van der Waals surface area contributed by atoms with Gasteiger partial charge >= 0.3 is 17.9 Å². The molecule has 0 spiro atoms. The van der Waals surface area contributed by atoms with Gasteiger partial charge in [-0.3, -0.25) is 14.4 Å². The first kappa shape index (κ1) is 21.9. The van der Waals surface area contributed by atoms with Gasteiger partial charge < -0.3 is 35.6 Å². The van der Waals surface area contributed by atoms with Crippen LogP contribution in [-0.2, 0) is 28.7 Å². The van der Waals surface area contributed by atoms with E-state index in [9.17, 15) is 34.5 Å². The quantitative estimate of drug-likeness (QED) is 0.198. The fraction of sp³-hybridized carbons (Fsp3) is 0.692. The zero-order valence-electron chi connectivity index (χ0n) is 13.1. The molecule has 0 radical (unpaired) electrons. The monoisotopic (exact) mass is 351 g/mol. The van der Waals surface area contributed by atoms with Crippen molar-refractivity contribution in [2.45, 2.75) is 50.7 Å². The Morgan fingerprint density at radius 1 is 1.00 bits per heavy atom. The standard InChI is InChI=1S/C13H21NO10/c1-5(15)23-4-8(18)11(19)12(20)10(14)9(24-6(2)16)3-7(17)13(21)22/h8-12,18-20H,3-4,14H2,1-2H3,(H,21,22)/t8-,9+,10-,11-,12-/m1/s1. The Labute approximate surface area is 137 Å². The number of rotatable bonds is 10. The molecule has 0 heterocycles. The van der Waals surface area contributed by atoms with Gasteiger partial charge in [0.2, 0.25) is 5.78 Å². The number of hydrogen-bond acceptors (Lipinski definition) is 10. The van der Waals surface area contributed by atoms with Crippen LogP contribution >= 0.6 is 0 Å². The minimum absolute atomic E-state index is 0.632. The van der Waals surface area contributed by atoms with Gasteiger partial charge in [0.05, 0.1) is 12.5 Å². The summed E-state index contributed by atoms with van der Waals surface area (Å²) in [6.07, 6.45) is -7.89. The second-order valence-electron chi connectivity index (χ2n) is 5.01. The van der Waals surface area contributed by atoms with E-state index in [1.54, 1.807) is 0 Å². The second-order valence-corrected chi connectivity index (χ2v) is 5.01. The Bertz CT molecular complexity index is 479. The maximum absolute atomic E-state index is 11.2. The van der Waals surface area contributed by atoms with E-state index in [-0.39, 0.29) is 0 Å². The van der Waals surface area contributed by atoms with Gasteiger partial charge in [-0.15, -0.1) is 0 Å². The topological polar surface area (TPSA) is 194 Å². The Morgan fingerprint density at radius 3 is 1.96 bits per heavy atom. The number of aliphatic hydroxyl groups is 3. The lowest BCUT2D eigenvalue weighted by Gasteiger charge is -2.31. The van der Waals surface area contributed by atoms with Crippen molar-refractivity contribution in [2.24, 2.45) is 5.73 Å². The molecule has 0 bridgehead atoms. The van der Waals surface area contributed by atoms with Gasteiger partial charge in [0.1, 0.15) is 31.0 Å². The van der Waals surface area contributed by atoms with Crippen molar-refractivity contribution in [1.82, 2.24) is 0 Å². The molecule has 0 aromatic heterocycles. The first-order valence-corrected chi connectivity index (χ1v) is 6.83. The van der Waals surface area contributed by atoms with E-state index >= 15 is 0 Å². The zero-order valence-corrected chi connectivity index (χ0v) is 13.1. The van der Waals surface area contributed by atoms with E-state index in [1.807, 2.05) is 0 Å². The van der Waals surface area contributed by atoms with Crippen molar-refractivity contribution in [3.05, 3.63) is 0 Å². The van der Waals surface area contributed by atoms with E-state index in [0.717, 1.165) is 13.8 Å². The average molecular weight is 351 g/mol. The Kier molecular flexibility index (Phi) is 9.07. The third-order valence-corrected chi connectivity index (χ3v) is 2.97. The molecule has 0 aliphatic rings. The molecule has 0 unspecified atom stereocenters. The van der Waals surface area contributed by atoms with E-state index < -0.39 is 67.2 Å². The van der Waals surface area contributed by atoms with Crippen molar-refractivity contribution in [3.8, 4) is 0 Å².